The molecule has 1 saturated heterocycles. The van der Waals surface area contributed by atoms with Crippen LogP contribution in [0, 0.1) is 5.92 Å². The van der Waals surface area contributed by atoms with E-state index in [1.165, 1.54) is 0 Å². The molecule has 1 aliphatic carbocycles. The minimum absolute atomic E-state index is 0.175. The Bertz CT molecular complexity index is 886. The number of allylic oxidation sites excluding steroid dienone is 3. The van der Waals surface area contributed by atoms with Gasteiger partial charge in [0.05, 0.1) is 0 Å². The lowest BCUT2D eigenvalue weighted by atomic mass is 10.0. The van der Waals surface area contributed by atoms with Gasteiger partial charge in [0, 0.05) is 44.2 Å². The predicted molar refractivity (Wildman–Crippen MR) is 135 cm³/mol. The van der Waals surface area contributed by atoms with Crippen molar-refractivity contribution >= 4 is 5.91 Å². The summed E-state index contributed by atoms with van der Waals surface area (Å²) in [7, 11) is 0. The van der Waals surface area contributed by atoms with E-state index in [1.807, 2.05) is 43.3 Å². The zero-order chi connectivity index (χ0) is 25.1. The molecule has 0 bridgehead atoms. The van der Waals surface area contributed by atoms with Gasteiger partial charge in [-0.15, -0.1) is 0 Å². The van der Waals surface area contributed by atoms with E-state index in [1.54, 1.807) is 0 Å². The van der Waals surface area contributed by atoms with Crippen molar-refractivity contribution in [3.05, 3.63) is 71.3 Å². The lowest BCUT2D eigenvalue weighted by Crippen LogP contribution is -2.48. The van der Waals surface area contributed by atoms with Gasteiger partial charge in [0.15, 0.2) is 0 Å². The average Bonchev–Trinajstić information content (AvgIpc) is 3.37. The molecule has 2 aliphatic rings. The molecular formula is C28H38F3N3O. The smallest absolute Gasteiger partial charge is 0.352 e. The molecule has 2 fully saturated rings. The summed E-state index contributed by atoms with van der Waals surface area (Å²) in [6.45, 7) is 5.33. The monoisotopic (exact) mass is 489 g/mol. The number of hydrogen-bond acceptors (Lipinski definition) is 3. The van der Waals surface area contributed by atoms with E-state index in [-0.39, 0.29) is 17.9 Å². The lowest BCUT2D eigenvalue weighted by Gasteiger charge is -2.33. The highest BCUT2D eigenvalue weighted by Crippen LogP contribution is 2.25. The molecule has 7 heteroatoms. The van der Waals surface area contributed by atoms with E-state index in [0.717, 1.165) is 68.8 Å². The fourth-order valence-corrected chi connectivity index (χ4v) is 4.78. The van der Waals surface area contributed by atoms with Crippen molar-refractivity contribution in [3.63, 3.8) is 0 Å². The Balaban J connectivity index is 1.54. The molecule has 4 nitrogen and oxygen atoms in total. The molecule has 0 spiro atoms. The first kappa shape index (κ1) is 27.2. The van der Waals surface area contributed by atoms with Gasteiger partial charge >= 0.3 is 6.18 Å². The van der Waals surface area contributed by atoms with Crippen LogP contribution < -0.4 is 10.6 Å². The quantitative estimate of drug-likeness (QED) is 0.424. The van der Waals surface area contributed by atoms with Gasteiger partial charge < -0.3 is 10.6 Å². The molecule has 1 unspecified atom stereocenters. The van der Waals surface area contributed by atoms with Crippen molar-refractivity contribution in [2.45, 2.75) is 64.2 Å². The Labute approximate surface area is 207 Å². The molecular weight excluding hydrogens is 451 g/mol. The first-order chi connectivity index (χ1) is 16.8. The van der Waals surface area contributed by atoms with Gasteiger partial charge in [0.2, 0.25) is 5.91 Å². The highest BCUT2D eigenvalue weighted by atomic mass is 19.4. The molecule has 1 atom stereocenters. The zero-order valence-corrected chi connectivity index (χ0v) is 20.6. The second-order valence-corrected chi connectivity index (χ2v) is 9.72. The standard InChI is InChI=1S/C28H38F3N3O/c1-22(14-17-34-16-7-12-26(21-34)33-27(35)25-10-5-6-11-25)18-24(13-15-28(29,30)31)20-32-19-23-8-3-2-4-9-23/h2-4,8-9,13-15,18,25-26,32H,5-7,10-12,16-17,19-21H2,1H3,(H,33,35)/b15-13+,22-14+,24-18+. The van der Waals surface area contributed by atoms with Crippen molar-refractivity contribution in [1.29, 1.82) is 0 Å². The van der Waals surface area contributed by atoms with Crippen molar-refractivity contribution in [3.8, 4) is 0 Å². The minimum Gasteiger partial charge on any atom is -0.352 e. The van der Waals surface area contributed by atoms with Crippen molar-refractivity contribution in [2.75, 3.05) is 26.2 Å². The van der Waals surface area contributed by atoms with Crippen LogP contribution in [0.25, 0.3) is 0 Å². The van der Waals surface area contributed by atoms with Gasteiger partial charge in [0.1, 0.15) is 0 Å². The van der Waals surface area contributed by atoms with Gasteiger partial charge in [-0.05, 0) is 50.3 Å². The number of amides is 1. The van der Waals surface area contributed by atoms with Gasteiger partial charge in [-0.3, -0.25) is 9.69 Å². The van der Waals surface area contributed by atoms with Gasteiger partial charge in [-0.25, -0.2) is 0 Å². The molecule has 2 N–H and O–H groups in total. The van der Waals surface area contributed by atoms with E-state index in [9.17, 15) is 18.0 Å². The van der Waals surface area contributed by atoms with Gasteiger partial charge in [0.25, 0.3) is 0 Å². The average molecular weight is 490 g/mol. The fourth-order valence-electron chi connectivity index (χ4n) is 4.78. The molecule has 1 saturated carbocycles. The number of likely N-dealkylation sites (tertiary alicyclic amines) is 1. The molecule has 1 aromatic carbocycles. The van der Waals surface area contributed by atoms with E-state index in [2.05, 4.69) is 21.6 Å². The number of rotatable bonds is 10. The predicted octanol–water partition coefficient (Wildman–Crippen LogP) is 5.54. The maximum absolute atomic E-state index is 12.8. The number of nitrogens with zero attached hydrogens (tertiary/aromatic N) is 1. The number of carbonyl (C=O) groups is 1. The Morgan fingerprint density at radius 1 is 1.11 bits per heavy atom. The van der Waals surface area contributed by atoms with E-state index in [4.69, 9.17) is 0 Å². The molecule has 0 radical (unpaired) electrons. The summed E-state index contributed by atoms with van der Waals surface area (Å²) in [5, 5.41) is 6.47. The number of hydrogen-bond donors (Lipinski definition) is 2. The normalized spacial score (nSPS) is 21.1. The molecule has 0 aromatic heterocycles. The second-order valence-electron chi connectivity index (χ2n) is 9.72. The molecule has 1 aromatic rings. The number of piperidine rings is 1. The zero-order valence-electron chi connectivity index (χ0n) is 20.6. The molecule has 1 heterocycles. The maximum atomic E-state index is 12.8. The second kappa shape index (κ2) is 13.6. The van der Waals surface area contributed by atoms with Crippen LogP contribution in [-0.2, 0) is 11.3 Å². The summed E-state index contributed by atoms with van der Waals surface area (Å²) in [6, 6.07) is 9.95. The van der Waals surface area contributed by atoms with Crippen LogP contribution >= 0.6 is 0 Å². The van der Waals surface area contributed by atoms with Crippen LogP contribution in [-0.4, -0.2) is 49.2 Å². The Morgan fingerprint density at radius 2 is 1.86 bits per heavy atom. The molecule has 35 heavy (non-hydrogen) atoms. The van der Waals surface area contributed by atoms with Crippen LogP contribution in [0.3, 0.4) is 0 Å². The van der Waals surface area contributed by atoms with Crippen LogP contribution in [0.15, 0.2) is 65.8 Å². The number of alkyl halides is 3. The molecule has 3 rings (SSSR count). The van der Waals surface area contributed by atoms with E-state index in [0.29, 0.717) is 31.3 Å². The molecule has 1 amide bonds. The maximum Gasteiger partial charge on any atom is 0.409 e. The fraction of sp³-hybridized carbons (Fsp3) is 0.536. The highest BCUT2D eigenvalue weighted by Gasteiger charge is 2.27. The molecule has 192 valence electrons. The summed E-state index contributed by atoms with van der Waals surface area (Å²) >= 11 is 0. The van der Waals surface area contributed by atoms with E-state index < -0.39 is 6.18 Å². The van der Waals surface area contributed by atoms with Gasteiger partial charge in [-0.1, -0.05) is 67.0 Å². The summed E-state index contributed by atoms with van der Waals surface area (Å²) < 4.78 is 38.3. The minimum atomic E-state index is -4.35. The first-order valence-electron chi connectivity index (χ1n) is 12.7. The van der Waals surface area contributed by atoms with Crippen molar-refractivity contribution in [1.82, 2.24) is 15.5 Å². The van der Waals surface area contributed by atoms with E-state index >= 15 is 0 Å². The first-order valence-corrected chi connectivity index (χ1v) is 12.7. The largest absolute Gasteiger partial charge is 0.409 e. The number of halogens is 3. The number of carbonyl (C=O) groups excluding carboxylic acids is 1. The third-order valence-electron chi connectivity index (χ3n) is 6.65. The third kappa shape index (κ3) is 10.4. The topological polar surface area (TPSA) is 44.4 Å². The summed E-state index contributed by atoms with van der Waals surface area (Å²) in [4.78, 5) is 14.8. The molecule has 1 aliphatic heterocycles. The van der Waals surface area contributed by atoms with Crippen LogP contribution in [0.5, 0.6) is 0 Å². The Hall–Kier alpha value is -2.38. The lowest BCUT2D eigenvalue weighted by molar-refractivity contribution is -0.125. The Morgan fingerprint density at radius 3 is 2.57 bits per heavy atom. The third-order valence-corrected chi connectivity index (χ3v) is 6.65. The van der Waals surface area contributed by atoms with Gasteiger partial charge in [-0.2, -0.15) is 13.2 Å². The summed E-state index contributed by atoms with van der Waals surface area (Å²) in [5.74, 6) is 0.379. The van der Waals surface area contributed by atoms with Crippen LogP contribution in [0.1, 0.15) is 51.0 Å². The number of benzene rings is 1. The van der Waals surface area contributed by atoms with Crippen LogP contribution in [0.4, 0.5) is 13.2 Å². The SMILES string of the molecule is CC(=C\CN1CCCC(NC(=O)C2CCCC2)C1)/C=C(\C=C\C(F)(F)F)CNCc1ccccc1. The van der Waals surface area contributed by atoms with Crippen molar-refractivity contribution in [2.24, 2.45) is 5.92 Å². The number of nitrogens with one attached hydrogen (secondary N) is 2. The highest BCUT2D eigenvalue weighted by molar-refractivity contribution is 5.79. The van der Waals surface area contributed by atoms with Crippen LogP contribution in [0.2, 0.25) is 0 Å². The Kier molecular flexibility index (Phi) is 10.6. The summed E-state index contributed by atoms with van der Waals surface area (Å²) in [5.41, 5.74) is 2.58. The van der Waals surface area contributed by atoms with Crippen molar-refractivity contribution < 1.29 is 18.0 Å². The summed E-state index contributed by atoms with van der Waals surface area (Å²) in [6.07, 6.45) is 7.28.